The summed E-state index contributed by atoms with van der Waals surface area (Å²) in [4.78, 5) is 39.0. The number of fused-ring (bicyclic) bond motifs is 4. The van der Waals surface area contributed by atoms with Gasteiger partial charge in [0.15, 0.2) is 0 Å². The van der Waals surface area contributed by atoms with Crippen LogP contribution in [0.15, 0.2) is 0 Å². The molecule has 186 valence electrons. The van der Waals surface area contributed by atoms with E-state index in [4.69, 9.17) is 15.9 Å². The zero-order chi connectivity index (χ0) is 25.4. The smallest absolute Gasteiger partial charge is 0.407 e. The Morgan fingerprint density at radius 1 is 1.09 bits per heavy atom. The molecule has 33 heavy (non-hydrogen) atoms. The van der Waals surface area contributed by atoms with Gasteiger partial charge in [-0.05, 0) is 60.3 Å². The largest absolute Gasteiger partial charge is 0.458 e. The van der Waals surface area contributed by atoms with Gasteiger partial charge in [0.1, 0.15) is 18.1 Å². The molecular weight excluding hydrogens is 441 g/mol. The third-order valence-electron chi connectivity index (χ3n) is 5.58. The topological polar surface area (TPSA) is 84.9 Å². The zero-order valence-corrected chi connectivity index (χ0v) is 19.9. The lowest BCUT2D eigenvalue weighted by atomic mass is 9.89. The lowest BCUT2D eigenvalue weighted by molar-refractivity contribution is -0.175. The van der Waals surface area contributed by atoms with E-state index in [1.807, 2.05) is 0 Å². The summed E-state index contributed by atoms with van der Waals surface area (Å²) in [6, 6.07) is -1.86. The van der Waals surface area contributed by atoms with Crippen molar-refractivity contribution in [3.8, 4) is 12.3 Å². The van der Waals surface area contributed by atoms with Crippen LogP contribution in [0.4, 0.5) is 18.0 Å². The molecule has 1 N–H and O–H groups in total. The number of nitrogens with one attached hydrogen (secondary N) is 1. The molecule has 3 rings (SSSR count). The van der Waals surface area contributed by atoms with Crippen LogP contribution in [-0.4, -0.2) is 59.4 Å². The van der Waals surface area contributed by atoms with Gasteiger partial charge in [0.25, 0.3) is 0 Å². The van der Waals surface area contributed by atoms with E-state index in [0.29, 0.717) is 12.8 Å². The summed E-state index contributed by atoms with van der Waals surface area (Å²) in [6.07, 6.45) is -1.80. The number of terminal acetylenes is 1. The van der Waals surface area contributed by atoms with Gasteiger partial charge in [0.05, 0.1) is 23.4 Å². The van der Waals surface area contributed by atoms with E-state index in [1.165, 1.54) is 0 Å². The molecule has 2 unspecified atom stereocenters. The van der Waals surface area contributed by atoms with Gasteiger partial charge in [0.2, 0.25) is 5.91 Å². The van der Waals surface area contributed by atoms with E-state index in [9.17, 15) is 27.6 Å². The van der Waals surface area contributed by atoms with Crippen LogP contribution in [-0.2, 0) is 19.1 Å². The lowest BCUT2D eigenvalue weighted by Gasteiger charge is -2.45. The highest BCUT2D eigenvalue weighted by molar-refractivity contribution is 5.79. The number of amides is 2. The van der Waals surface area contributed by atoms with Crippen molar-refractivity contribution < 1.29 is 37.0 Å². The molecule has 2 heterocycles. The van der Waals surface area contributed by atoms with E-state index in [2.05, 4.69) is 11.2 Å². The highest BCUT2D eigenvalue weighted by Crippen LogP contribution is 2.40. The molecular formula is C23H33F3N2O5. The summed E-state index contributed by atoms with van der Waals surface area (Å²) in [6.45, 7) is 9.97. The highest BCUT2D eigenvalue weighted by atomic mass is 19.4. The minimum atomic E-state index is -4.71. The number of rotatable bonds is 3. The molecule has 0 radical (unpaired) electrons. The molecule has 10 heteroatoms. The second-order valence-corrected chi connectivity index (χ2v) is 10.8. The van der Waals surface area contributed by atoms with Gasteiger partial charge in [0, 0.05) is 6.54 Å². The minimum Gasteiger partial charge on any atom is -0.458 e. The van der Waals surface area contributed by atoms with Gasteiger partial charge in [-0.25, -0.2) is 4.79 Å². The molecule has 2 amide bonds. The first kappa shape index (κ1) is 26.8. The first-order valence-corrected chi connectivity index (χ1v) is 10.9. The van der Waals surface area contributed by atoms with Crippen LogP contribution >= 0.6 is 0 Å². The molecule has 2 bridgehead atoms. The van der Waals surface area contributed by atoms with Crippen molar-refractivity contribution in [2.45, 2.75) is 90.8 Å². The molecule has 7 nitrogen and oxygen atoms in total. The number of alkyl carbamates (subject to hydrolysis) is 1. The van der Waals surface area contributed by atoms with Crippen molar-refractivity contribution in [1.29, 1.82) is 0 Å². The third-order valence-corrected chi connectivity index (χ3v) is 5.58. The Hall–Kier alpha value is -2.44. The van der Waals surface area contributed by atoms with Gasteiger partial charge in [-0.3, -0.25) is 9.59 Å². The monoisotopic (exact) mass is 474 g/mol. The van der Waals surface area contributed by atoms with Crippen molar-refractivity contribution in [3.05, 3.63) is 0 Å². The van der Waals surface area contributed by atoms with E-state index in [-0.39, 0.29) is 12.5 Å². The second kappa shape index (κ2) is 9.43. The van der Waals surface area contributed by atoms with Crippen LogP contribution in [0.3, 0.4) is 0 Å². The number of alkyl halides is 3. The summed E-state index contributed by atoms with van der Waals surface area (Å²) >= 11 is 0. The van der Waals surface area contributed by atoms with E-state index < -0.39 is 65.7 Å². The number of ether oxygens (including phenoxy) is 2. The predicted molar refractivity (Wildman–Crippen MR) is 114 cm³/mol. The van der Waals surface area contributed by atoms with Gasteiger partial charge in [-0.2, -0.15) is 13.2 Å². The van der Waals surface area contributed by atoms with Crippen molar-refractivity contribution in [1.82, 2.24) is 10.2 Å². The van der Waals surface area contributed by atoms with Crippen LogP contribution in [0.5, 0.6) is 0 Å². The van der Waals surface area contributed by atoms with Crippen LogP contribution in [0.2, 0.25) is 0 Å². The van der Waals surface area contributed by atoms with E-state index in [1.54, 1.807) is 41.5 Å². The number of halogens is 3. The summed E-state index contributed by atoms with van der Waals surface area (Å²) < 4.78 is 50.2. The fourth-order valence-corrected chi connectivity index (χ4v) is 4.26. The first-order chi connectivity index (χ1) is 14.9. The molecule has 0 aromatic rings. The fourth-order valence-electron chi connectivity index (χ4n) is 4.26. The average molecular weight is 475 g/mol. The fraction of sp³-hybridized carbons (Fsp3) is 0.783. The van der Waals surface area contributed by atoms with Crippen molar-refractivity contribution >= 4 is 18.0 Å². The maximum Gasteiger partial charge on any atom is 0.407 e. The van der Waals surface area contributed by atoms with E-state index in [0.717, 1.165) is 4.90 Å². The van der Waals surface area contributed by atoms with Gasteiger partial charge < -0.3 is 19.7 Å². The van der Waals surface area contributed by atoms with Gasteiger partial charge in [-0.1, -0.05) is 5.92 Å². The Morgan fingerprint density at radius 3 is 2.18 bits per heavy atom. The first-order valence-electron chi connectivity index (χ1n) is 10.9. The maximum absolute atomic E-state index is 13.0. The second-order valence-electron chi connectivity index (χ2n) is 10.8. The quantitative estimate of drug-likeness (QED) is 0.499. The molecule has 3 aliphatic rings. The molecule has 2 aliphatic heterocycles. The maximum atomic E-state index is 13.0. The normalized spacial score (nSPS) is 27.9. The molecule has 0 spiro atoms. The molecule has 1 saturated carbocycles. The zero-order valence-electron chi connectivity index (χ0n) is 19.9. The number of carbonyl (C=O) groups excluding carboxylic acids is 3. The van der Waals surface area contributed by atoms with Crippen molar-refractivity contribution in [2.75, 3.05) is 6.54 Å². The number of hydrogen-bond donors (Lipinski definition) is 1. The summed E-state index contributed by atoms with van der Waals surface area (Å²) in [5.74, 6) is -0.0643. The SMILES string of the molecule is C#C[C@H]1CC2C[C@@H](NC(=O)OC(C)(C)C)C([C@H]1OC(=O)C(C)(C)C)N(C(=O)CC(F)(F)F)C2. The lowest BCUT2D eigenvalue weighted by Crippen LogP contribution is -2.63. The molecule has 2 saturated heterocycles. The van der Waals surface area contributed by atoms with Crippen LogP contribution < -0.4 is 5.32 Å². The van der Waals surface area contributed by atoms with Gasteiger partial charge in [-0.15, -0.1) is 6.42 Å². The molecule has 1 aliphatic carbocycles. The van der Waals surface area contributed by atoms with E-state index >= 15 is 0 Å². The van der Waals surface area contributed by atoms with Gasteiger partial charge >= 0.3 is 18.2 Å². The average Bonchev–Trinajstić information content (AvgIpc) is 2.83. The Balaban J connectivity index is 2.46. The summed E-state index contributed by atoms with van der Waals surface area (Å²) in [5.41, 5.74) is -1.71. The molecule has 0 aromatic carbocycles. The number of nitrogens with zero attached hydrogens (tertiary/aromatic N) is 1. The minimum absolute atomic E-state index is 0.0355. The van der Waals surface area contributed by atoms with Crippen LogP contribution in [0.25, 0.3) is 0 Å². The third kappa shape index (κ3) is 7.27. The Kier molecular flexibility index (Phi) is 7.66. The predicted octanol–water partition coefficient (Wildman–Crippen LogP) is 3.66. The number of esters is 1. The Morgan fingerprint density at radius 2 is 1.70 bits per heavy atom. The molecule has 3 fully saturated rings. The summed E-state index contributed by atoms with van der Waals surface area (Å²) in [7, 11) is 0. The number of carbonyl (C=O) groups is 3. The number of piperidine rings is 1. The standard InChI is InChI=1S/C23H33F3N2O5/c1-8-14-9-13-10-15(27-20(31)33-22(5,6)7)17(18(14)32-19(30)21(2,3)4)28(12-13)16(29)11-23(24,25)26/h1,13-15,17-18H,9-12H2,2-7H3,(H,27,31)/t13?,14-,15+,17?,18-/m0/s1. The number of hydrogen-bond acceptors (Lipinski definition) is 5. The molecule has 0 aromatic heterocycles. The molecule has 5 atom stereocenters. The highest BCUT2D eigenvalue weighted by Gasteiger charge is 2.53. The Labute approximate surface area is 192 Å². The van der Waals surface area contributed by atoms with Crippen molar-refractivity contribution in [2.24, 2.45) is 17.3 Å². The summed E-state index contributed by atoms with van der Waals surface area (Å²) in [5, 5.41) is 2.68. The van der Waals surface area contributed by atoms with Crippen LogP contribution in [0, 0.1) is 29.6 Å². The van der Waals surface area contributed by atoms with Crippen LogP contribution in [0.1, 0.15) is 60.8 Å². The van der Waals surface area contributed by atoms with Crippen molar-refractivity contribution in [3.63, 3.8) is 0 Å². The Bertz CT molecular complexity index is 807.